The first-order valence-electron chi connectivity index (χ1n) is 5.98. The first kappa shape index (κ1) is 10.4. The highest BCUT2D eigenvalue weighted by Gasteiger charge is 2.16. The molecule has 1 N–H and O–H groups in total. The maximum Gasteiger partial charge on any atom is 0.132 e. The summed E-state index contributed by atoms with van der Waals surface area (Å²) in [5, 5.41) is 3.43. The topological polar surface area (TPSA) is 37.8 Å². The van der Waals surface area contributed by atoms with Gasteiger partial charge in [-0.15, -0.1) is 0 Å². The molecule has 1 aromatic heterocycles. The standard InChI is InChI=1S/C12H19N3/c1-2-3-4-8-13-12-10-6-5-7-11(10)14-9-15-12/h9H,2-8H2,1H3,(H,13,14,15). The Morgan fingerprint density at radius 1 is 1.27 bits per heavy atom. The third-order valence-electron chi connectivity index (χ3n) is 2.95. The third-order valence-corrected chi connectivity index (χ3v) is 2.95. The van der Waals surface area contributed by atoms with Crippen LogP contribution in [0.15, 0.2) is 6.33 Å². The summed E-state index contributed by atoms with van der Waals surface area (Å²) in [4.78, 5) is 8.64. The van der Waals surface area contributed by atoms with E-state index < -0.39 is 0 Å². The van der Waals surface area contributed by atoms with Gasteiger partial charge in [0.25, 0.3) is 0 Å². The number of fused-ring (bicyclic) bond motifs is 1. The summed E-state index contributed by atoms with van der Waals surface area (Å²) in [7, 11) is 0. The second kappa shape index (κ2) is 5.10. The number of hydrogen-bond acceptors (Lipinski definition) is 3. The van der Waals surface area contributed by atoms with Crippen LogP contribution in [0, 0.1) is 0 Å². The van der Waals surface area contributed by atoms with Gasteiger partial charge in [-0.1, -0.05) is 19.8 Å². The predicted octanol–water partition coefficient (Wildman–Crippen LogP) is 2.57. The highest BCUT2D eigenvalue weighted by Crippen LogP contribution is 2.24. The van der Waals surface area contributed by atoms with E-state index in [9.17, 15) is 0 Å². The summed E-state index contributed by atoms with van der Waals surface area (Å²) < 4.78 is 0. The van der Waals surface area contributed by atoms with E-state index in [-0.39, 0.29) is 0 Å². The molecule has 0 amide bonds. The first-order valence-corrected chi connectivity index (χ1v) is 5.98. The van der Waals surface area contributed by atoms with Crippen LogP contribution in [0.25, 0.3) is 0 Å². The molecule has 1 aromatic rings. The molecule has 0 atom stereocenters. The van der Waals surface area contributed by atoms with Crippen molar-refractivity contribution in [2.24, 2.45) is 0 Å². The Labute approximate surface area is 91.3 Å². The number of aromatic nitrogens is 2. The number of nitrogens with zero attached hydrogens (tertiary/aromatic N) is 2. The summed E-state index contributed by atoms with van der Waals surface area (Å²) in [6.45, 7) is 3.26. The van der Waals surface area contributed by atoms with E-state index in [0.717, 1.165) is 25.2 Å². The van der Waals surface area contributed by atoms with Gasteiger partial charge in [-0.05, 0) is 25.7 Å². The molecule has 0 bridgehead atoms. The van der Waals surface area contributed by atoms with Crippen LogP contribution >= 0.6 is 0 Å². The van der Waals surface area contributed by atoms with Crippen LogP contribution in [-0.4, -0.2) is 16.5 Å². The monoisotopic (exact) mass is 205 g/mol. The molecule has 0 aromatic carbocycles. The van der Waals surface area contributed by atoms with E-state index in [0.29, 0.717) is 0 Å². The Morgan fingerprint density at radius 3 is 3.07 bits per heavy atom. The third kappa shape index (κ3) is 2.46. The molecule has 82 valence electrons. The molecule has 1 aliphatic rings. The van der Waals surface area contributed by atoms with Crippen LogP contribution in [0.2, 0.25) is 0 Å². The fraction of sp³-hybridized carbons (Fsp3) is 0.667. The van der Waals surface area contributed by atoms with Crippen molar-refractivity contribution in [3.05, 3.63) is 17.6 Å². The van der Waals surface area contributed by atoms with Crippen molar-refractivity contribution < 1.29 is 0 Å². The van der Waals surface area contributed by atoms with Gasteiger partial charge in [0.05, 0.1) is 0 Å². The van der Waals surface area contributed by atoms with Gasteiger partial charge >= 0.3 is 0 Å². The molecule has 1 aliphatic carbocycles. The van der Waals surface area contributed by atoms with Gasteiger partial charge in [-0.3, -0.25) is 0 Å². The molecule has 2 rings (SSSR count). The van der Waals surface area contributed by atoms with E-state index in [1.165, 1.54) is 36.9 Å². The predicted molar refractivity (Wildman–Crippen MR) is 62.1 cm³/mol. The van der Waals surface area contributed by atoms with Crippen molar-refractivity contribution in [1.82, 2.24) is 9.97 Å². The van der Waals surface area contributed by atoms with Crippen LogP contribution in [0.3, 0.4) is 0 Å². The smallest absolute Gasteiger partial charge is 0.132 e. The summed E-state index contributed by atoms with van der Waals surface area (Å²) in [6, 6.07) is 0. The van der Waals surface area contributed by atoms with E-state index in [1.807, 2.05) is 0 Å². The number of aryl methyl sites for hydroxylation is 1. The van der Waals surface area contributed by atoms with Crippen molar-refractivity contribution in [2.75, 3.05) is 11.9 Å². The number of nitrogens with one attached hydrogen (secondary N) is 1. The second-order valence-electron chi connectivity index (χ2n) is 4.13. The lowest BCUT2D eigenvalue weighted by molar-refractivity contribution is 0.741. The van der Waals surface area contributed by atoms with Gasteiger partial charge in [0, 0.05) is 17.8 Å². The molecule has 0 radical (unpaired) electrons. The fourth-order valence-corrected chi connectivity index (χ4v) is 2.09. The molecule has 3 heteroatoms. The molecule has 0 aliphatic heterocycles. The zero-order valence-electron chi connectivity index (χ0n) is 9.42. The van der Waals surface area contributed by atoms with E-state index >= 15 is 0 Å². The Bertz CT molecular complexity index is 323. The molecule has 0 fully saturated rings. The van der Waals surface area contributed by atoms with E-state index in [2.05, 4.69) is 22.2 Å². The SMILES string of the molecule is CCCCCNc1ncnc2c1CCC2. The molecule has 0 unspecified atom stereocenters. The van der Waals surface area contributed by atoms with Crippen molar-refractivity contribution in [3.8, 4) is 0 Å². The van der Waals surface area contributed by atoms with Crippen LogP contribution in [-0.2, 0) is 12.8 Å². The highest BCUT2D eigenvalue weighted by molar-refractivity contribution is 5.47. The van der Waals surface area contributed by atoms with E-state index in [1.54, 1.807) is 6.33 Å². The highest BCUT2D eigenvalue weighted by atomic mass is 15.0. The summed E-state index contributed by atoms with van der Waals surface area (Å²) in [6.07, 6.45) is 8.98. The number of anilines is 1. The lowest BCUT2D eigenvalue weighted by Gasteiger charge is -2.08. The molecule has 0 spiro atoms. The molecule has 0 saturated carbocycles. The Hall–Kier alpha value is -1.12. The molecule has 1 heterocycles. The number of unbranched alkanes of at least 4 members (excludes halogenated alkanes) is 2. The summed E-state index contributed by atoms with van der Waals surface area (Å²) >= 11 is 0. The average molecular weight is 205 g/mol. The lowest BCUT2D eigenvalue weighted by atomic mass is 10.2. The number of rotatable bonds is 5. The molecular weight excluding hydrogens is 186 g/mol. The Morgan fingerprint density at radius 2 is 2.20 bits per heavy atom. The Balaban J connectivity index is 1.94. The van der Waals surface area contributed by atoms with Gasteiger partial charge in [0.15, 0.2) is 0 Å². The lowest BCUT2D eigenvalue weighted by Crippen LogP contribution is -2.06. The maximum atomic E-state index is 4.33. The molecule has 15 heavy (non-hydrogen) atoms. The molecule has 0 saturated heterocycles. The summed E-state index contributed by atoms with van der Waals surface area (Å²) in [5.74, 6) is 1.08. The van der Waals surface area contributed by atoms with Crippen molar-refractivity contribution in [2.45, 2.75) is 45.4 Å². The van der Waals surface area contributed by atoms with Gasteiger partial charge in [-0.25, -0.2) is 9.97 Å². The minimum absolute atomic E-state index is 1.04. The van der Waals surface area contributed by atoms with Gasteiger partial charge < -0.3 is 5.32 Å². The van der Waals surface area contributed by atoms with Gasteiger partial charge in [-0.2, -0.15) is 0 Å². The quantitative estimate of drug-likeness (QED) is 0.751. The number of hydrogen-bond donors (Lipinski definition) is 1. The average Bonchev–Trinajstić information content (AvgIpc) is 2.73. The largest absolute Gasteiger partial charge is 0.370 e. The van der Waals surface area contributed by atoms with Crippen LogP contribution in [0.5, 0.6) is 0 Å². The molecule has 3 nitrogen and oxygen atoms in total. The van der Waals surface area contributed by atoms with Crippen LogP contribution < -0.4 is 5.32 Å². The second-order valence-corrected chi connectivity index (χ2v) is 4.13. The minimum atomic E-state index is 1.04. The van der Waals surface area contributed by atoms with Crippen molar-refractivity contribution in [1.29, 1.82) is 0 Å². The van der Waals surface area contributed by atoms with Crippen LogP contribution in [0.4, 0.5) is 5.82 Å². The van der Waals surface area contributed by atoms with Gasteiger partial charge in [0.1, 0.15) is 12.1 Å². The zero-order valence-corrected chi connectivity index (χ0v) is 9.42. The fourth-order valence-electron chi connectivity index (χ4n) is 2.09. The summed E-state index contributed by atoms with van der Waals surface area (Å²) in [5.41, 5.74) is 2.61. The van der Waals surface area contributed by atoms with Crippen molar-refractivity contribution >= 4 is 5.82 Å². The van der Waals surface area contributed by atoms with Crippen molar-refractivity contribution in [3.63, 3.8) is 0 Å². The molecular formula is C12H19N3. The Kier molecular flexibility index (Phi) is 3.54. The van der Waals surface area contributed by atoms with Crippen LogP contribution in [0.1, 0.15) is 43.9 Å². The minimum Gasteiger partial charge on any atom is -0.370 e. The van der Waals surface area contributed by atoms with E-state index in [4.69, 9.17) is 0 Å². The maximum absolute atomic E-state index is 4.33. The van der Waals surface area contributed by atoms with Gasteiger partial charge in [0.2, 0.25) is 0 Å². The first-order chi connectivity index (χ1) is 7.42. The zero-order chi connectivity index (χ0) is 10.5. The normalized spacial score (nSPS) is 13.9.